The van der Waals surface area contributed by atoms with Crippen LogP contribution in [0.5, 0.6) is 0 Å². The van der Waals surface area contributed by atoms with Gasteiger partial charge in [0.05, 0.1) is 10.7 Å². The van der Waals surface area contributed by atoms with Crippen LogP contribution in [0.2, 0.25) is 5.02 Å². The lowest BCUT2D eigenvalue weighted by Crippen LogP contribution is -1.84. The fraction of sp³-hybridized carbons (Fsp3) is 0.125. The van der Waals surface area contributed by atoms with Crippen LogP contribution in [0.3, 0.4) is 0 Å². The third-order valence-electron chi connectivity index (χ3n) is 1.58. The van der Waals surface area contributed by atoms with E-state index in [1.165, 1.54) is 5.56 Å². The maximum atomic E-state index is 5.73. The molecular formula is C8H6ClN. The summed E-state index contributed by atoms with van der Waals surface area (Å²) >= 11 is 5.73. The molecular weight excluding hydrogens is 146 g/mol. The van der Waals surface area contributed by atoms with Gasteiger partial charge < -0.3 is 0 Å². The number of hydrogen-bond acceptors (Lipinski definition) is 1. The standard InChI is InChI=1S/C8H6ClN/c9-7-4-6-2-1-3-8(6)10-5-7/h1,3-5H,2H2. The van der Waals surface area contributed by atoms with Crippen molar-refractivity contribution in [3.05, 3.63) is 34.6 Å². The van der Waals surface area contributed by atoms with Crippen LogP contribution in [-0.2, 0) is 6.42 Å². The van der Waals surface area contributed by atoms with Gasteiger partial charge in [-0.1, -0.05) is 17.7 Å². The summed E-state index contributed by atoms with van der Waals surface area (Å²) < 4.78 is 0. The molecule has 0 saturated heterocycles. The number of fused-ring (bicyclic) bond motifs is 1. The summed E-state index contributed by atoms with van der Waals surface area (Å²) in [6.07, 6.45) is 6.76. The second-order valence-electron chi connectivity index (χ2n) is 2.30. The van der Waals surface area contributed by atoms with Crippen molar-refractivity contribution in [3.63, 3.8) is 0 Å². The molecule has 0 bridgehead atoms. The summed E-state index contributed by atoms with van der Waals surface area (Å²) in [5.74, 6) is 0. The fourth-order valence-electron chi connectivity index (χ4n) is 1.10. The zero-order valence-corrected chi connectivity index (χ0v) is 6.10. The highest BCUT2D eigenvalue weighted by Crippen LogP contribution is 2.19. The number of rotatable bonds is 0. The van der Waals surface area contributed by atoms with Gasteiger partial charge in [0.2, 0.25) is 0 Å². The van der Waals surface area contributed by atoms with Crippen LogP contribution < -0.4 is 0 Å². The van der Waals surface area contributed by atoms with Gasteiger partial charge in [-0.05, 0) is 24.1 Å². The molecule has 0 aliphatic heterocycles. The van der Waals surface area contributed by atoms with E-state index in [1.54, 1.807) is 6.20 Å². The molecule has 0 unspecified atom stereocenters. The number of aromatic nitrogens is 1. The monoisotopic (exact) mass is 151 g/mol. The van der Waals surface area contributed by atoms with Gasteiger partial charge in [0.1, 0.15) is 0 Å². The lowest BCUT2D eigenvalue weighted by molar-refractivity contribution is 1.21. The summed E-state index contributed by atoms with van der Waals surface area (Å²) in [4.78, 5) is 4.14. The number of pyridine rings is 1. The van der Waals surface area contributed by atoms with Crippen LogP contribution >= 0.6 is 11.6 Å². The fourth-order valence-corrected chi connectivity index (χ4v) is 1.28. The number of halogens is 1. The normalized spacial score (nSPS) is 13.7. The van der Waals surface area contributed by atoms with E-state index in [0.717, 1.165) is 17.1 Å². The molecule has 0 saturated carbocycles. The van der Waals surface area contributed by atoms with Crippen molar-refractivity contribution in [3.8, 4) is 0 Å². The zero-order valence-electron chi connectivity index (χ0n) is 5.34. The molecule has 0 fully saturated rings. The second kappa shape index (κ2) is 2.10. The molecule has 1 aliphatic rings. The van der Waals surface area contributed by atoms with Gasteiger partial charge in [0.15, 0.2) is 0 Å². The first-order chi connectivity index (χ1) is 4.86. The maximum Gasteiger partial charge on any atom is 0.0662 e. The quantitative estimate of drug-likeness (QED) is 0.555. The van der Waals surface area contributed by atoms with Crippen molar-refractivity contribution in [2.75, 3.05) is 0 Å². The minimum Gasteiger partial charge on any atom is -0.255 e. The Hall–Kier alpha value is -0.820. The highest BCUT2D eigenvalue weighted by atomic mass is 35.5. The first-order valence-electron chi connectivity index (χ1n) is 3.17. The smallest absolute Gasteiger partial charge is 0.0662 e. The Bertz CT molecular complexity index is 291. The van der Waals surface area contributed by atoms with Gasteiger partial charge in [0.25, 0.3) is 0 Å². The molecule has 1 aromatic rings. The molecule has 50 valence electrons. The van der Waals surface area contributed by atoms with E-state index in [1.807, 2.05) is 12.1 Å². The van der Waals surface area contributed by atoms with Crippen LogP contribution in [0.1, 0.15) is 11.3 Å². The van der Waals surface area contributed by atoms with Crippen molar-refractivity contribution in [1.29, 1.82) is 0 Å². The number of allylic oxidation sites excluding steroid dienone is 1. The Morgan fingerprint density at radius 2 is 2.40 bits per heavy atom. The van der Waals surface area contributed by atoms with E-state index in [2.05, 4.69) is 11.1 Å². The number of hydrogen-bond donors (Lipinski definition) is 0. The molecule has 0 radical (unpaired) electrons. The van der Waals surface area contributed by atoms with Crippen molar-refractivity contribution in [1.82, 2.24) is 4.98 Å². The van der Waals surface area contributed by atoms with Crippen molar-refractivity contribution in [2.24, 2.45) is 0 Å². The van der Waals surface area contributed by atoms with Crippen molar-refractivity contribution >= 4 is 17.7 Å². The molecule has 1 heterocycles. The molecule has 10 heavy (non-hydrogen) atoms. The minimum atomic E-state index is 0.724. The molecule has 2 rings (SSSR count). The summed E-state index contributed by atoms with van der Waals surface area (Å²) in [6, 6.07) is 1.96. The third-order valence-corrected chi connectivity index (χ3v) is 1.79. The van der Waals surface area contributed by atoms with E-state index in [0.29, 0.717) is 0 Å². The average molecular weight is 152 g/mol. The molecule has 1 aliphatic carbocycles. The first kappa shape index (κ1) is 5.93. The largest absolute Gasteiger partial charge is 0.255 e. The van der Waals surface area contributed by atoms with Crippen LogP contribution in [0.4, 0.5) is 0 Å². The average Bonchev–Trinajstić information content (AvgIpc) is 2.33. The topological polar surface area (TPSA) is 12.9 Å². The summed E-state index contributed by atoms with van der Waals surface area (Å²) in [7, 11) is 0. The molecule has 0 atom stereocenters. The van der Waals surface area contributed by atoms with E-state index in [9.17, 15) is 0 Å². The van der Waals surface area contributed by atoms with Crippen LogP contribution in [0.15, 0.2) is 18.3 Å². The van der Waals surface area contributed by atoms with Gasteiger partial charge in [-0.2, -0.15) is 0 Å². The van der Waals surface area contributed by atoms with Gasteiger partial charge in [-0.3, -0.25) is 4.98 Å². The Balaban J connectivity index is 2.59. The molecule has 1 aromatic heterocycles. The first-order valence-corrected chi connectivity index (χ1v) is 3.55. The zero-order chi connectivity index (χ0) is 6.97. The van der Waals surface area contributed by atoms with Gasteiger partial charge in [-0.15, -0.1) is 0 Å². The molecule has 1 nitrogen and oxygen atoms in total. The predicted octanol–water partition coefficient (Wildman–Crippen LogP) is 2.30. The van der Waals surface area contributed by atoms with Crippen LogP contribution in [-0.4, -0.2) is 4.98 Å². The maximum absolute atomic E-state index is 5.73. The summed E-state index contributed by atoms with van der Waals surface area (Å²) in [6.45, 7) is 0. The molecule has 0 amide bonds. The highest BCUT2D eigenvalue weighted by Gasteiger charge is 2.04. The Labute approximate surface area is 64.4 Å². The summed E-state index contributed by atoms with van der Waals surface area (Å²) in [5, 5.41) is 0.724. The summed E-state index contributed by atoms with van der Waals surface area (Å²) in [5.41, 5.74) is 2.29. The van der Waals surface area contributed by atoms with E-state index in [-0.39, 0.29) is 0 Å². The van der Waals surface area contributed by atoms with Crippen molar-refractivity contribution < 1.29 is 0 Å². The van der Waals surface area contributed by atoms with Gasteiger partial charge >= 0.3 is 0 Å². The Kier molecular flexibility index (Phi) is 1.24. The predicted molar refractivity (Wildman–Crippen MR) is 42.0 cm³/mol. The van der Waals surface area contributed by atoms with E-state index >= 15 is 0 Å². The Morgan fingerprint density at radius 1 is 1.50 bits per heavy atom. The molecule has 2 heteroatoms. The lowest BCUT2D eigenvalue weighted by atomic mass is 10.2. The minimum absolute atomic E-state index is 0.724. The molecule has 0 N–H and O–H groups in total. The highest BCUT2D eigenvalue weighted by molar-refractivity contribution is 6.30. The van der Waals surface area contributed by atoms with Gasteiger partial charge in [-0.25, -0.2) is 0 Å². The van der Waals surface area contributed by atoms with E-state index < -0.39 is 0 Å². The Morgan fingerprint density at radius 3 is 3.30 bits per heavy atom. The number of nitrogens with zero attached hydrogens (tertiary/aromatic N) is 1. The molecule has 0 spiro atoms. The lowest BCUT2D eigenvalue weighted by Gasteiger charge is -1.95. The van der Waals surface area contributed by atoms with Gasteiger partial charge in [0, 0.05) is 6.20 Å². The van der Waals surface area contributed by atoms with E-state index in [4.69, 9.17) is 11.6 Å². The second-order valence-corrected chi connectivity index (χ2v) is 2.74. The van der Waals surface area contributed by atoms with Crippen LogP contribution in [0, 0.1) is 0 Å². The SMILES string of the molecule is Clc1cnc2c(c1)CC=C2. The van der Waals surface area contributed by atoms with Crippen LogP contribution in [0.25, 0.3) is 6.08 Å². The molecule has 0 aromatic carbocycles. The van der Waals surface area contributed by atoms with Crippen molar-refractivity contribution in [2.45, 2.75) is 6.42 Å². The third kappa shape index (κ3) is 0.830.